The third-order valence-corrected chi connectivity index (χ3v) is 7.79. The minimum Gasteiger partial charge on any atom is -0.385 e. The van der Waals surface area contributed by atoms with Crippen molar-refractivity contribution in [2.45, 2.75) is 50.2 Å². The zero-order chi connectivity index (χ0) is 22.3. The van der Waals surface area contributed by atoms with E-state index in [1.54, 1.807) is 11.7 Å². The van der Waals surface area contributed by atoms with E-state index in [4.69, 9.17) is 9.72 Å². The second-order valence-corrected chi connectivity index (χ2v) is 9.96. The molecule has 1 aliphatic carbocycles. The summed E-state index contributed by atoms with van der Waals surface area (Å²) in [6.45, 7) is 1.74. The number of benzene rings is 1. The maximum Gasteiger partial charge on any atom is 0.272 e. The minimum atomic E-state index is -0.0422. The lowest BCUT2D eigenvalue weighted by Gasteiger charge is -2.13. The Balaban J connectivity index is 1.49. The molecule has 2 aromatic heterocycles. The average molecular weight is 472 g/mol. The van der Waals surface area contributed by atoms with Gasteiger partial charge in [-0.05, 0) is 44.6 Å². The molecule has 6 nitrogen and oxygen atoms in total. The van der Waals surface area contributed by atoms with Crippen LogP contribution in [0.4, 0.5) is 0 Å². The van der Waals surface area contributed by atoms with E-state index >= 15 is 0 Å². The number of hydrogen-bond donors (Lipinski definition) is 1. The van der Waals surface area contributed by atoms with Gasteiger partial charge >= 0.3 is 0 Å². The van der Waals surface area contributed by atoms with Gasteiger partial charge < -0.3 is 10.1 Å². The second kappa shape index (κ2) is 11.1. The van der Waals surface area contributed by atoms with Crippen molar-refractivity contribution in [1.29, 1.82) is 0 Å². The first-order valence-electron chi connectivity index (χ1n) is 11.2. The Labute approximate surface area is 196 Å². The number of carbonyl (C=O) groups excluding carboxylic acids is 1. The molecule has 0 bridgehead atoms. The second-order valence-electron chi connectivity index (χ2n) is 7.97. The predicted molar refractivity (Wildman–Crippen MR) is 133 cm³/mol. The van der Waals surface area contributed by atoms with Crippen LogP contribution >= 0.6 is 23.1 Å². The molecule has 0 fully saturated rings. The molecule has 2 heterocycles. The van der Waals surface area contributed by atoms with E-state index in [1.807, 2.05) is 24.3 Å². The Morgan fingerprint density at radius 1 is 1.31 bits per heavy atom. The van der Waals surface area contributed by atoms with Gasteiger partial charge in [-0.15, -0.1) is 11.3 Å². The highest BCUT2D eigenvalue weighted by molar-refractivity contribution is 7.99. The van der Waals surface area contributed by atoms with E-state index in [0.717, 1.165) is 34.9 Å². The fraction of sp³-hybridized carbons (Fsp3) is 0.458. The molecular formula is C24H29N3O3S2. The average Bonchev–Trinajstić information content (AvgIpc) is 3.19. The molecule has 0 aliphatic heterocycles. The maximum atomic E-state index is 13.3. The molecule has 4 rings (SSSR count). The fourth-order valence-electron chi connectivity index (χ4n) is 4.00. The van der Waals surface area contributed by atoms with E-state index in [-0.39, 0.29) is 17.2 Å². The summed E-state index contributed by atoms with van der Waals surface area (Å²) in [6, 6.07) is 7.94. The number of carbonyl (C=O) groups is 1. The van der Waals surface area contributed by atoms with Gasteiger partial charge in [0.05, 0.1) is 11.3 Å². The minimum absolute atomic E-state index is 0.0284. The number of fused-ring (bicyclic) bond motifs is 3. The van der Waals surface area contributed by atoms with Crippen molar-refractivity contribution in [3.8, 4) is 0 Å². The van der Waals surface area contributed by atoms with Crippen LogP contribution in [-0.4, -0.2) is 41.5 Å². The third-order valence-electron chi connectivity index (χ3n) is 5.66. The van der Waals surface area contributed by atoms with Crippen molar-refractivity contribution < 1.29 is 9.53 Å². The van der Waals surface area contributed by atoms with Crippen LogP contribution in [0.5, 0.6) is 0 Å². The number of nitrogens with zero attached hydrogens (tertiary/aromatic N) is 2. The monoisotopic (exact) mass is 471 g/mol. The number of nitrogens with one attached hydrogen (secondary N) is 1. The van der Waals surface area contributed by atoms with Gasteiger partial charge in [0.25, 0.3) is 5.56 Å². The van der Waals surface area contributed by atoms with Gasteiger partial charge in [0.1, 0.15) is 4.70 Å². The summed E-state index contributed by atoms with van der Waals surface area (Å²) in [5.41, 5.74) is 2.14. The van der Waals surface area contributed by atoms with E-state index < -0.39 is 0 Å². The summed E-state index contributed by atoms with van der Waals surface area (Å²) in [4.78, 5) is 30.6. The van der Waals surface area contributed by atoms with Crippen LogP contribution in [0, 0.1) is 0 Å². The van der Waals surface area contributed by atoms with Gasteiger partial charge in [-0.1, -0.05) is 41.6 Å². The Hall–Kier alpha value is -2.16. The van der Waals surface area contributed by atoms with E-state index in [2.05, 4.69) is 11.4 Å². The molecule has 0 radical (unpaired) electrons. The number of thioether (sulfide) groups is 1. The third kappa shape index (κ3) is 5.42. The van der Waals surface area contributed by atoms with Gasteiger partial charge in [0.15, 0.2) is 5.16 Å². The number of aromatic nitrogens is 2. The Bertz CT molecular complexity index is 1180. The van der Waals surface area contributed by atoms with E-state index in [9.17, 15) is 9.59 Å². The molecule has 3 aromatic rings. The number of thiophene rings is 1. The molecule has 1 aliphatic rings. The number of hydrogen-bond acceptors (Lipinski definition) is 6. The highest BCUT2D eigenvalue weighted by atomic mass is 32.2. The standard InChI is InChI=1S/C24H29N3O3S2/c1-30-15-7-14-27-23(29)22-21(18-10-5-6-11-19(18)32-22)26-24(27)31-16-20(28)25-13-12-17-8-3-2-4-9-17/h5-6,8,10-11H,2-4,7,9,12-16H2,1H3,(H,25,28). The molecular weight excluding hydrogens is 442 g/mol. The molecule has 0 saturated carbocycles. The smallest absolute Gasteiger partial charge is 0.272 e. The lowest BCUT2D eigenvalue weighted by atomic mass is 9.97. The summed E-state index contributed by atoms with van der Waals surface area (Å²) in [6.07, 6.45) is 8.78. The first kappa shape index (κ1) is 23.0. The van der Waals surface area contributed by atoms with Gasteiger partial charge in [0, 0.05) is 36.9 Å². The van der Waals surface area contributed by atoms with Crippen molar-refractivity contribution in [2.75, 3.05) is 26.0 Å². The lowest BCUT2D eigenvalue weighted by Crippen LogP contribution is -2.28. The fourth-order valence-corrected chi connectivity index (χ4v) is 5.94. The largest absolute Gasteiger partial charge is 0.385 e. The van der Waals surface area contributed by atoms with Crippen LogP contribution < -0.4 is 10.9 Å². The summed E-state index contributed by atoms with van der Waals surface area (Å²) >= 11 is 2.81. The molecule has 1 amide bonds. The highest BCUT2D eigenvalue weighted by Crippen LogP contribution is 2.31. The van der Waals surface area contributed by atoms with Gasteiger partial charge in [-0.2, -0.15) is 0 Å². The Morgan fingerprint density at radius 3 is 3.00 bits per heavy atom. The van der Waals surface area contributed by atoms with E-state index in [0.29, 0.717) is 36.0 Å². The number of methoxy groups -OCH3 is 1. The predicted octanol–water partition coefficient (Wildman–Crippen LogP) is 4.75. The van der Waals surface area contributed by atoms with Crippen molar-refractivity contribution in [3.05, 3.63) is 46.3 Å². The summed E-state index contributed by atoms with van der Waals surface area (Å²) in [5, 5.41) is 4.59. The van der Waals surface area contributed by atoms with Crippen molar-refractivity contribution in [3.63, 3.8) is 0 Å². The number of amides is 1. The quantitative estimate of drug-likeness (QED) is 0.200. The number of rotatable bonds is 10. The maximum absolute atomic E-state index is 13.3. The lowest BCUT2D eigenvalue weighted by molar-refractivity contribution is -0.118. The SMILES string of the molecule is COCCCn1c(SCC(=O)NCCC2=CCCCC2)nc2c(sc3ccccc32)c1=O. The summed E-state index contributed by atoms with van der Waals surface area (Å²) in [7, 11) is 1.65. The molecule has 0 saturated heterocycles. The normalized spacial score (nSPS) is 14.1. The van der Waals surface area contributed by atoms with Gasteiger partial charge in [-0.25, -0.2) is 4.98 Å². The molecule has 1 N–H and O–H groups in total. The van der Waals surface area contributed by atoms with Crippen LogP contribution in [-0.2, 0) is 16.1 Å². The molecule has 8 heteroatoms. The summed E-state index contributed by atoms with van der Waals surface area (Å²) in [5.74, 6) is 0.211. The molecule has 0 atom stereocenters. The molecule has 0 unspecified atom stereocenters. The van der Waals surface area contributed by atoms with E-state index in [1.165, 1.54) is 41.5 Å². The van der Waals surface area contributed by atoms with Crippen LogP contribution in [0.2, 0.25) is 0 Å². The first-order chi connectivity index (χ1) is 15.7. The van der Waals surface area contributed by atoms with Crippen LogP contribution in [0.3, 0.4) is 0 Å². The zero-order valence-corrected chi connectivity index (χ0v) is 20.0. The van der Waals surface area contributed by atoms with Crippen LogP contribution in [0.15, 0.2) is 45.9 Å². The topological polar surface area (TPSA) is 73.2 Å². The molecule has 1 aromatic carbocycles. The van der Waals surface area contributed by atoms with Crippen molar-refractivity contribution >= 4 is 49.3 Å². The number of allylic oxidation sites excluding steroid dienone is 1. The molecule has 32 heavy (non-hydrogen) atoms. The van der Waals surface area contributed by atoms with Gasteiger partial charge in [-0.3, -0.25) is 14.2 Å². The Kier molecular flexibility index (Phi) is 8.00. The van der Waals surface area contributed by atoms with Crippen LogP contribution in [0.1, 0.15) is 38.5 Å². The Morgan fingerprint density at radius 2 is 2.19 bits per heavy atom. The van der Waals surface area contributed by atoms with Crippen LogP contribution in [0.25, 0.3) is 20.3 Å². The molecule has 170 valence electrons. The number of ether oxygens (including phenoxy) is 1. The first-order valence-corrected chi connectivity index (χ1v) is 13.0. The van der Waals surface area contributed by atoms with Gasteiger partial charge in [0.2, 0.25) is 5.91 Å². The summed E-state index contributed by atoms with van der Waals surface area (Å²) < 4.78 is 8.57. The highest BCUT2D eigenvalue weighted by Gasteiger charge is 2.17. The zero-order valence-electron chi connectivity index (χ0n) is 18.4. The van der Waals surface area contributed by atoms with Crippen molar-refractivity contribution in [1.82, 2.24) is 14.9 Å². The van der Waals surface area contributed by atoms with Crippen molar-refractivity contribution in [2.24, 2.45) is 0 Å². The molecule has 0 spiro atoms.